The monoisotopic (exact) mass is 265 g/mol. The molecule has 4 heteroatoms. The summed E-state index contributed by atoms with van der Waals surface area (Å²) in [5, 5.41) is 3.54. The average molecular weight is 265 g/mol. The fourth-order valence-corrected chi connectivity index (χ4v) is 2.69. The molecular weight excluding hydrogens is 238 g/mol. The number of hydrogen-bond acceptors (Lipinski definition) is 4. The van der Waals surface area contributed by atoms with Crippen LogP contribution in [0.1, 0.15) is 39.2 Å². The number of nitrogen functional groups attached to an aromatic ring is 1. The van der Waals surface area contributed by atoms with Crippen molar-refractivity contribution >= 4 is 5.69 Å². The van der Waals surface area contributed by atoms with Crippen LogP contribution in [0.2, 0.25) is 0 Å². The number of aromatic nitrogens is 1. The van der Waals surface area contributed by atoms with Crippen molar-refractivity contribution in [1.29, 1.82) is 0 Å². The van der Waals surface area contributed by atoms with Gasteiger partial charge < -0.3 is 15.8 Å². The first-order chi connectivity index (χ1) is 9.13. The summed E-state index contributed by atoms with van der Waals surface area (Å²) in [5.41, 5.74) is 7.75. The molecule has 0 bridgehead atoms. The Balaban J connectivity index is 2.97. The topological polar surface area (TPSA) is 60.2 Å². The second-order valence-corrected chi connectivity index (χ2v) is 4.86. The maximum Gasteiger partial charge on any atom is 0.0829 e. The summed E-state index contributed by atoms with van der Waals surface area (Å²) in [6.45, 7) is 7.37. The Morgan fingerprint density at radius 2 is 2.05 bits per heavy atom. The quantitative estimate of drug-likeness (QED) is 0.757. The van der Waals surface area contributed by atoms with Crippen molar-refractivity contribution < 1.29 is 4.74 Å². The molecule has 19 heavy (non-hydrogen) atoms. The molecule has 1 unspecified atom stereocenters. The highest BCUT2D eigenvalue weighted by Crippen LogP contribution is 2.27. The first-order valence-corrected chi connectivity index (χ1v) is 7.10. The molecule has 0 amide bonds. The molecule has 0 aliphatic carbocycles. The second-order valence-electron chi connectivity index (χ2n) is 4.86. The van der Waals surface area contributed by atoms with E-state index in [1.54, 1.807) is 13.3 Å². The molecular formula is C15H27N3O. The van der Waals surface area contributed by atoms with Crippen molar-refractivity contribution in [2.45, 2.75) is 51.7 Å². The number of nitrogens with zero attached hydrogens (tertiary/aromatic N) is 1. The normalized spacial score (nSPS) is 13.5. The van der Waals surface area contributed by atoms with E-state index in [0.717, 1.165) is 37.1 Å². The Labute approximate surface area is 116 Å². The molecule has 0 spiro atoms. The lowest BCUT2D eigenvalue weighted by molar-refractivity contribution is -0.0468. The van der Waals surface area contributed by atoms with Crippen LogP contribution in [0.4, 0.5) is 5.69 Å². The van der Waals surface area contributed by atoms with Gasteiger partial charge in [-0.15, -0.1) is 0 Å². The molecule has 1 heterocycles. The van der Waals surface area contributed by atoms with Crippen LogP contribution in [0.5, 0.6) is 0 Å². The second kappa shape index (κ2) is 7.46. The van der Waals surface area contributed by atoms with Crippen LogP contribution in [0, 0.1) is 0 Å². The minimum Gasteiger partial charge on any atom is -0.398 e. The molecule has 0 aliphatic heterocycles. The van der Waals surface area contributed by atoms with Gasteiger partial charge in [0.2, 0.25) is 0 Å². The molecule has 1 atom stereocenters. The van der Waals surface area contributed by atoms with Gasteiger partial charge in [0.05, 0.1) is 5.60 Å². The fraction of sp³-hybridized carbons (Fsp3) is 0.667. The van der Waals surface area contributed by atoms with E-state index in [0.29, 0.717) is 0 Å². The summed E-state index contributed by atoms with van der Waals surface area (Å²) in [6.07, 6.45) is 6.36. The lowest BCUT2D eigenvalue weighted by atomic mass is 9.84. The predicted octanol–water partition coefficient (Wildman–Crippen LogP) is 2.39. The minimum absolute atomic E-state index is 0.154. The smallest absolute Gasteiger partial charge is 0.0829 e. The van der Waals surface area contributed by atoms with Gasteiger partial charge in [0.1, 0.15) is 0 Å². The van der Waals surface area contributed by atoms with E-state index < -0.39 is 0 Å². The zero-order valence-electron chi connectivity index (χ0n) is 12.6. The highest BCUT2D eigenvalue weighted by atomic mass is 16.5. The Morgan fingerprint density at radius 1 is 1.37 bits per heavy atom. The van der Waals surface area contributed by atoms with Gasteiger partial charge in [-0.1, -0.05) is 20.8 Å². The van der Waals surface area contributed by atoms with E-state index in [1.165, 1.54) is 0 Å². The maximum absolute atomic E-state index is 6.02. The number of rotatable bonds is 8. The van der Waals surface area contributed by atoms with E-state index in [4.69, 9.17) is 10.5 Å². The minimum atomic E-state index is -0.154. The lowest BCUT2D eigenvalue weighted by Gasteiger charge is -2.39. The molecule has 1 rings (SSSR count). The number of anilines is 1. The molecule has 3 N–H and O–H groups in total. The third kappa shape index (κ3) is 3.67. The fourth-order valence-electron chi connectivity index (χ4n) is 2.69. The van der Waals surface area contributed by atoms with E-state index in [9.17, 15) is 0 Å². The molecule has 0 saturated heterocycles. The van der Waals surface area contributed by atoms with E-state index in [1.807, 2.05) is 12.3 Å². The summed E-state index contributed by atoms with van der Waals surface area (Å²) in [7, 11) is 1.80. The Morgan fingerprint density at radius 3 is 2.53 bits per heavy atom. The lowest BCUT2D eigenvalue weighted by Crippen LogP contribution is -2.52. The van der Waals surface area contributed by atoms with Gasteiger partial charge in [0.25, 0.3) is 0 Å². The summed E-state index contributed by atoms with van der Waals surface area (Å²) in [5.74, 6) is 0. The molecule has 0 aromatic carbocycles. The Kier molecular flexibility index (Phi) is 6.25. The third-order valence-corrected chi connectivity index (χ3v) is 4.05. The molecule has 0 radical (unpaired) electrons. The van der Waals surface area contributed by atoms with Gasteiger partial charge in [0, 0.05) is 31.2 Å². The summed E-state index contributed by atoms with van der Waals surface area (Å²) >= 11 is 0. The number of ether oxygens (including phenoxy) is 1. The standard InChI is InChI=1S/C15H27N3O/c1-5-15(6-2,19-4)14(18-7-3)10-12-11-17-9-8-13(12)16/h8-9,11,14,18H,5-7,10H2,1-4H3,(H2,16,17). The van der Waals surface area contributed by atoms with Gasteiger partial charge in [0.15, 0.2) is 0 Å². The van der Waals surface area contributed by atoms with Gasteiger partial charge in [-0.2, -0.15) is 0 Å². The summed E-state index contributed by atoms with van der Waals surface area (Å²) in [4.78, 5) is 4.17. The molecule has 0 saturated carbocycles. The number of nitrogens with two attached hydrogens (primary N) is 1. The molecule has 4 nitrogen and oxygen atoms in total. The van der Waals surface area contributed by atoms with Crippen LogP contribution in [0.15, 0.2) is 18.5 Å². The van der Waals surface area contributed by atoms with Crippen LogP contribution >= 0.6 is 0 Å². The van der Waals surface area contributed by atoms with E-state index >= 15 is 0 Å². The van der Waals surface area contributed by atoms with Crippen LogP contribution in [-0.2, 0) is 11.2 Å². The Bertz CT molecular complexity index is 369. The molecule has 1 aromatic rings. The largest absolute Gasteiger partial charge is 0.398 e. The van der Waals surface area contributed by atoms with Crippen molar-refractivity contribution in [3.05, 3.63) is 24.0 Å². The molecule has 0 aliphatic rings. The number of nitrogens with one attached hydrogen (secondary N) is 1. The van der Waals surface area contributed by atoms with E-state index in [-0.39, 0.29) is 11.6 Å². The SMILES string of the molecule is CCNC(Cc1cnccc1N)C(CC)(CC)OC. The van der Waals surface area contributed by atoms with Crippen molar-refractivity contribution in [3.8, 4) is 0 Å². The van der Waals surface area contributed by atoms with Gasteiger partial charge in [-0.05, 0) is 37.4 Å². The number of likely N-dealkylation sites (N-methyl/N-ethyl adjacent to an activating group) is 1. The van der Waals surface area contributed by atoms with Crippen LogP contribution in [0.3, 0.4) is 0 Å². The Hall–Kier alpha value is -1.13. The molecule has 108 valence electrons. The van der Waals surface area contributed by atoms with Crippen LogP contribution < -0.4 is 11.1 Å². The molecule has 1 aromatic heterocycles. The molecule has 0 fully saturated rings. The maximum atomic E-state index is 6.02. The van der Waals surface area contributed by atoms with Crippen LogP contribution in [-0.4, -0.2) is 30.3 Å². The van der Waals surface area contributed by atoms with Crippen LogP contribution in [0.25, 0.3) is 0 Å². The first-order valence-electron chi connectivity index (χ1n) is 7.10. The van der Waals surface area contributed by atoms with Crippen molar-refractivity contribution in [1.82, 2.24) is 10.3 Å². The predicted molar refractivity (Wildman–Crippen MR) is 80.1 cm³/mol. The van der Waals surface area contributed by atoms with Crippen molar-refractivity contribution in [3.63, 3.8) is 0 Å². The number of hydrogen-bond donors (Lipinski definition) is 2. The average Bonchev–Trinajstić information content (AvgIpc) is 2.44. The number of pyridine rings is 1. The number of methoxy groups -OCH3 is 1. The third-order valence-electron chi connectivity index (χ3n) is 4.05. The zero-order valence-corrected chi connectivity index (χ0v) is 12.6. The van der Waals surface area contributed by atoms with E-state index in [2.05, 4.69) is 31.1 Å². The van der Waals surface area contributed by atoms with Crippen molar-refractivity contribution in [2.75, 3.05) is 19.4 Å². The highest BCUT2D eigenvalue weighted by molar-refractivity contribution is 5.44. The first kappa shape index (κ1) is 15.9. The van der Waals surface area contributed by atoms with Gasteiger partial charge >= 0.3 is 0 Å². The highest BCUT2D eigenvalue weighted by Gasteiger charge is 2.35. The zero-order chi connectivity index (χ0) is 14.3. The van der Waals surface area contributed by atoms with Crippen molar-refractivity contribution in [2.24, 2.45) is 0 Å². The summed E-state index contributed by atoms with van der Waals surface area (Å²) in [6, 6.07) is 2.09. The summed E-state index contributed by atoms with van der Waals surface area (Å²) < 4.78 is 5.84. The van der Waals surface area contributed by atoms with Gasteiger partial charge in [-0.25, -0.2) is 0 Å². The van der Waals surface area contributed by atoms with Gasteiger partial charge in [-0.3, -0.25) is 4.98 Å².